The third kappa shape index (κ3) is 4.47. The summed E-state index contributed by atoms with van der Waals surface area (Å²) in [5, 5.41) is 3.18. The van der Waals surface area contributed by atoms with Gasteiger partial charge in [-0.1, -0.05) is 12.1 Å². The summed E-state index contributed by atoms with van der Waals surface area (Å²) in [7, 11) is 4.85. The Hall–Kier alpha value is -3.72. The highest BCUT2D eigenvalue weighted by Crippen LogP contribution is 2.33. The van der Waals surface area contributed by atoms with Crippen LogP contribution in [-0.2, 0) is 17.8 Å². The largest absolute Gasteiger partial charge is 0.493 e. The zero-order chi connectivity index (χ0) is 22.7. The molecule has 2 aromatic carbocycles. The number of nitrogens with one attached hydrogen (secondary N) is 1. The Bertz CT molecular complexity index is 1330. The van der Waals surface area contributed by atoms with Gasteiger partial charge in [0.2, 0.25) is 5.91 Å². The third-order valence-corrected chi connectivity index (χ3v) is 5.93. The second-order valence-electron chi connectivity index (χ2n) is 7.17. The number of nitrogens with zero attached hydrogens (tertiary/aromatic N) is 3. The van der Waals surface area contributed by atoms with Crippen LogP contribution in [0.15, 0.2) is 52.6 Å². The first-order chi connectivity index (χ1) is 15.5. The van der Waals surface area contributed by atoms with E-state index >= 15 is 0 Å². The predicted molar refractivity (Wildman–Crippen MR) is 123 cm³/mol. The van der Waals surface area contributed by atoms with E-state index in [2.05, 4.69) is 15.0 Å². The summed E-state index contributed by atoms with van der Waals surface area (Å²) in [4.78, 5) is 38.3. The highest BCUT2D eigenvalue weighted by Gasteiger charge is 2.16. The van der Waals surface area contributed by atoms with Gasteiger partial charge in [0.1, 0.15) is 10.8 Å². The van der Waals surface area contributed by atoms with Crippen molar-refractivity contribution < 1.29 is 14.3 Å². The standard InChI is InChI=1S/C23H22N4O4S/c1-27(12-20-25-17-7-5-4-6-16(17)22(29)26-20)21(28)11-15-13-32-23(24-15)14-8-9-18(30-2)19(10-14)31-3/h4-10,13H,11-12H2,1-3H3,(H,25,26,29). The molecule has 0 unspecified atom stereocenters. The number of carbonyl (C=O) groups is 1. The van der Waals surface area contributed by atoms with E-state index in [-0.39, 0.29) is 24.4 Å². The highest BCUT2D eigenvalue weighted by molar-refractivity contribution is 7.13. The molecule has 0 atom stereocenters. The number of benzene rings is 2. The van der Waals surface area contributed by atoms with Crippen LogP contribution in [0.5, 0.6) is 11.5 Å². The lowest BCUT2D eigenvalue weighted by molar-refractivity contribution is -0.129. The lowest BCUT2D eigenvalue weighted by Gasteiger charge is -2.16. The maximum Gasteiger partial charge on any atom is 0.258 e. The van der Waals surface area contributed by atoms with E-state index in [1.807, 2.05) is 29.6 Å². The molecule has 32 heavy (non-hydrogen) atoms. The minimum absolute atomic E-state index is 0.120. The molecule has 1 N–H and O–H groups in total. The molecule has 4 aromatic rings. The Morgan fingerprint density at radius 2 is 1.88 bits per heavy atom. The van der Waals surface area contributed by atoms with Crippen molar-refractivity contribution in [2.24, 2.45) is 0 Å². The number of rotatable bonds is 7. The first-order valence-electron chi connectivity index (χ1n) is 9.87. The third-order valence-electron chi connectivity index (χ3n) is 4.99. The Morgan fingerprint density at radius 3 is 2.66 bits per heavy atom. The van der Waals surface area contributed by atoms with E-state index in [9.17, 15) is 9.59 Å². The quantitative estimate of drug-likeness (QED) is 0.464. The molecule has 4 rings (SSSR count). The molecule has 9 heteroatoms. The molecule has 8 nitrogen and oxygen atoms in total. The van der Waals surface area contributed by atoms with Gasteiger partial charge in [0, 0.05) is 18.0 Å². The van der Waals surface area contributed by atoms with Gasteiger partial charge in [0.25, 0.3) is 5.56 Å². The Kier molecular flexibility index (Phi) is 6.18. The summed E-state index contributed by atoms with van der Waals surface area (Å²) < 4.78 is 10.6. The highest BCUT2D eigenvalue weighted by atomic mass is 32.1. The molecule has 0 spiro atoms. The number of methoxy groups -OCH3 is 2. The SMILES string of the molecule is COc1ccc(-c2nc(CC(=O)N(C)Cc3nc4ccccc4c(=O)[nH]3)cs2)cc1OC. The lowest BCUT2D eigenvalue weighted by atomic mass is 10.2. The van der Waals surface area contributed by atoms with Crippen molar-refractivity contribution in [1.29, 1.82) is 0 Å². The number of amides is 1. The lowest BCUT2D eigenvalue weighted by Crippen LogP contribution is -2.29. The fourth-order valence-corrected chi connectivity index (χ4v) is 4.12. The van der Waals surface area contributed by atoms with Crippen LogP contribution in [0.25, 0.3) is 21.5 Å². The van der Waals surface area contributed by atoms with Gasteiger partial charge < -0.3 is 19.4 Å². The number of para-hydroxylation sites is 1. The molecule has 0 aliphatic rings. The molecule has 2 heterocycles. The molecule has 0 saturated carbocycles. The number of fused-ring (bicyclic) bond motifs is 1. The number of hydrogen-bond acceptors (Lipinski definition) is 7. The van der Waals surface area contributed by atoms with Crippen molar-refractivity contribution in [1.82, 2.24) is 19.9 Å². The Morgan fingerprint density at radius 1 is 1.09 bits per heavy atom. The van der Waals surface area contributed by atoms with Crippen LogP contribution in [-0.4, -0.2) is 47.0 Å². The van der Waals surface area contributed by atoms with Gasteiger partial charge in [-0.3, -0.25) is 9.59 Å². The van der Waals surface area contributed by atoms with Crippen molar-refractivity contribution >= 4 is 28.1 Å². The molecule has 164 valence electrons. The van der Waals surface area contributed by atoms with Gasteiger partial charge in [-0.25, -0.2) is 9.97 Å². The number of hydrogen-bond donors (Lipinski definition) is 1. The van der Waals surface area contributed by atoms with E-state index in [1.54, 1.807) is 39.5 Å². The van der Waals surface area contributed by atoms with E-state index in [4.69, 9.17) is 9.47 Å². The van der Waals surface area contributed by atoms with E-state index in [0.717, 1.165) is 10.6 Å². The van der Waals surface area contributed by atoms with Crippen LogP contribution in [0.2, 0.25) is 0 Å². The number of likely N-dealkylation sites (N-methyl/N-ethyl adjacent to an activating group) is 1. The van der Waals surface area contributed by atoms with Crippen LogP contribution in [0.4, 0.5) is 0 Å². The summed E-state index contributed by atoms with van der Waals surface area (Å²) in [5.74, 6) is 1.58. The molecular formula is C23H22N4O4S. The van der Waals surface area contributed by atoms with Crippen molar-refractivity contribution in [3.8, 4) is 22.1 Å². The summed E-state index contributed by atoms with van der Waals surface area (Å²) >= 11 is 1.46. The number of aromatic nitrogens is 3. The maximum atomic E-state index is 12.7. The monoisotopic (exact) mass is 450 g/mol. The summed E-state index contributed by atoms with van der Waals surface area (Å²) in [6.07, 6.45) is 0.151. The number of H-pyrrole nitrogens is 1. The molecule has 1 amide bonds. The molecular weight excluding hydrogens is 428 g/mol. The van der Waals surface area contributed by atoms with E-state index in [0.29, 0.717) is 33.9 Å². The van der Waals surface area contributed by atoms with Crippen LogP contribution in [0.3, 0.4) is 0 Å². The van der Waals surface area contributed by atoms with Crippen molar-refractivity contribution in [3.63, 3.8) is 0 Å². The second kappa shape index (κ2) is 9.19. The first-order valence-corrected chi connectivity index (χ1v) is 10.7. The van der Waals surface area contributed by atoms with E-state index in [1.165, 1.54) is 16.2 Å². The molecule has 0 bridgehead atoms. The van der Waals surface area contributed by atoms with Gasteiger partial charge >= 0.3 is 0 Å². The van der Waals surface area contributed by atoms with Crippen molar-refractivity contribution in [2.75, 3.05) is 21.3 Å². The number of aromatic amines is 1. The average molecular weight is 451 g/mol. The van der Waals surface area contributed by atoms with Gasteiger partial charge in [-0.15, -0.1) is 11.3 Å². The zero-order valence-electron chi connectivity index (χ0n) is 17.9. The second-order valence-corrected chi connectivity index (χ2v) is 8.03. The maximum absolute atomic E-state index is 12.7. The molecule has 0 saturated heterocycles. The number of thiazole rings is 1. The predicted octanol–water partition coefficient (Wildman–Crippen LogP) is 3.26. The summed E-state index contributed by atoms with van der Waals surface area (Å²) in [5.41, 5.74) is 1.95. The summed E-state index contributed by atoms with van der Waals surface area (Å²) in [6, 6.07) is 12.7. The molecule has 0 aliphatic carbocycles. The molecule has 0 aliphatic heterocycles. The molecule has 2 aromatic heterocycles. The number of carbonyl (C=O) groups excluding carboxylic acids is 1. The zero-order valence-corrected chi connectivity index (χ0v) is 18.7. The van der Waals surface area contributed by atoms with Gasteiger partial charge in [-0.05, 0) is 30.3 Å². The van der Waals surface area contributed by atoms with Crippen LogP contribution in [0.1, 0.15) is 11.5 Å². The summed E-state index contributed by atoms with van der Waals surface area (Å²) in [6.45, 7) is 0.200. The molecule has 0 radical (unpaired) electrons. The van der Waals surface area contributed by atoms with Crippen LogP contribution < -0.4 is 15.0 Å². The topological polar surface area (TPSA) is 97.4 Å². The van der Waals surface area contributed by atoms with Crippen molar-refractivity contribution in [3.05, 3.63) is 69.7 Å². The Labute approximate surface area is 188 Å². The number of ether oxygens (including phenoxy) is 2. The van der Waals surface area contributed by atoms with Gasteiger partial charge in [0.15, 0.2) is 11.5 Å². The normalized spacial score (nSPS) is 10.8. The van der Waals surface area contributed by atoms with Crippen LogP contribution in [0, 0.1) is 0 Å². The smallest absolute Gasteiger partial charge is 0.258 e. The minimum Gasteiger partial charge on any atom is -0.493 e. The minimum atomic E-state index is -0.217. The van der Waals surface area contributed by atoms with E-state index < -0.39 is 0 Å². The van der Waals surface area contributed by atoms with Gasteiger partial charge in [-0.2, -0.15) is 0 Å². The Balaban J connectivity index is 1.45. The average Bonchev–Trinajstić information content (AvgIpc) is 3.27. The van der Waals surface area contributed by atoms with Gasteiger partial charge in [0.05, 0.1) is 43.8 Å². The molecule has 0 fully saturated rings. The fourth-order valence-electron chi connectivity index (χ4n) is 3.30. The first kappa shape index (κ1) is 21.5. The van der Waals surface area contributed by atoms with Crippen LogP contribution >= 0.6 is 11.3 Å². The fraction of sp³-hybridized carbons (Fsp3) is 0.217. The van der Waals surface area contributed by atoms with Crippen molar-refractivity contribution in [2.45, 2.75) is 13.0 Å².